The zero-order valence-electron chi connectivity index (χ0n) is 12.5. The number of rotatable bonds is 3. The van der Waals surface area contributed by atoms with Crippen LogP contribution in [-0.4, -0.2) is 42.0 Å². The first-order chi connectivity index (χ1) is 10.7. The minimum atomic E-state index is -0.343. The highest BCUT2D eigenvalue weighted by Crippen LogP contribution is 2.15. The van der Waals surface area contributed by atoms with Crippen LogP contribution in [0.5, 0.6) is 0 Å². The van der Waals surface area contributed by atoms with Crippen molar-refractivity contribution in [3.63, 3.8) is 0 Å². The van der Waals surface area contributed by atoms with Gasteiger partial charge in [0, 0.05) is 25.3 Å². The summed E-state index contributed by atoms with van der Waals surface area (Å²) in [5, 5.41) is 3.22. The number of nitrogens with one attached hydrogen (secondary N) is 2. The van der Waals surface area contributed by atoms with Crippen molar-refractivity contribution in [3.8, 4) is 11.3 Å². The summed E-state index contributed by atoms with van der Waals surface area (Å²) in [7, 11) is 1.75. The van der Waals surface area contributed by atoms with Crippen molar-refractivity contribution in [1.82, 2.24) is 15.2 Å². The standard InChI is InChI=1S/C17H19N3O2/c1-20(13-9-10-18-11-13)17(22)14-7-8-15(19-16(14)21)12-5-3-2-4-6-12/h2-8,13,18H,9-11H2,1H3,(H,19,21). The second kappa shape index (κ2) is 6.15. The van der Waals surface area contributed by atoms with Crippen LogP contribution in [0.15, 0.2) is 47.3 Å². The van der Waals surface area contributed by atoms with Gasteiger partial charge >= 0.3 is 0 Å². The molecule has 1 unspecified atom stereocenters. The van der Waals surface area contributed by atoms with E-state index in [0.29, 0.717) is 5.69 Å². The number of pyridine rings is 1. The smallest absolute Gasteiger partial charge is 0.261 e. The summed E-state index contributed by atoms with van der Waals surface area (Å²) in [6, 6.07) is 13.1. The highest BCUT2D eigenvalue weighted by molar-refractivity contribution is 5.94. The van der Waals surface area contributed by atoms with Crippen molar-refractivity contribution >= 4 is 5.91 Å². The lowest BCUT2D eigenvalue weighted by Gasteiger charge is -2.23. The quantitative estimate of drug-likeness (QED) is 0.902. The lowest BCUT2D eigenvalue weighted by molar-refractivity contribution is 0.0742. The molecule has 1 saturated heterocycles. The summed E-state index contributed by atoms with van der Waals surface area (Å²) in [6.07, 6.45) is 0.919. The normalized spacial score (nSPS) is 17.4. The third-order valence-corrected chi connectivity index (χ3v) is 4.13. The number of nitrogens with zero attached hydrogens (tertiary/aromatic N) is 1. The van der Waals surface area contributed by atoms with Gasteiger partial charge in [0.15, 0.2) is 0 Å². The first-order valence-corrected chi connectivity index (χ1v) is 7.43. The van der Waals surface area contributed by atoms with E-state index in [9.17, 15) is 9.59 Å². The van der Waals surface area contributed by atoms with E-state index in [-0.39, 0.29) is 23.1 Å². The van der Waals surface area contributed by atoms with Crippen molar-refractivity contribution in [2.75, 3.05) is 20.1 Å². The van der Waals surface area contributed by atoms with Gasteiger partial charge in [-0.1, -0.05) is 30.3 Å². The summed E-state index contributed by atoms with van der Waals surface area (Å²) in [5.41, 5.74) is 1.48. The first-order valence-electron chi connectivity index (χ1n) is 7.43. The second-order valence-electron chi connectivity index (χ2n) is 5.54. The third kappa shape index (κ3) is 2.80. The molecule has 0 saturated carbocycles. The number of H-pyrrole nitrogens is 1. The van der Waals surface area contributed by atoms with Gasteiger partial charge in [-0.05, 0) is 30.7 Å². The summed E-state index contributed by atoms with van der Waals surface area (Å²) < 4.78 is 0. The maximum atomic E-state index is 12.5. The average molecular weight is 297 g/mol. The Morgan fingerprint density at radius 3 is 2.59 bits per heavy atom. The number of hydrogen-bond acceptors (Lipinski definition) is 3. The molecule has 1 amide bonds. The van der Waals surface area contributed by atoms with Crippen LogP contribution in [0.3, 0.4) is 0 Å². The number of aromatic nitrogens is 1. The van der Waals surface area contributed by atoms with Crippen LogP contribution in [0, 0.1) is 0 Å². The Kier molecular flexibility index (Phi) is 4.06. The van der Waals surface area contributed by atoms with Gasteiger partial charge < -0.3 is 15.2 Å². The minimum Gasteiger partial charge on any atom is -0.337 e. The van der Waals surface area contributed by atoms with Gasteiger partial charge in [0.25, 0.3) is 11.5 Å². The Hall–Kier alpha value is -2.40. The van der Waals surface area contributed by atoms with Gasteiger partial charge in [0.05, 0.1) is 0 Å². The summed E-state index contributed by atoms with van der Waals surface area (Å²) in [4.78, 5) is 29.2. The summed E-state index contributed by atoms with van der Waals surface area (Å²) in [5.74, 6) is -0.227. The first kappa shape index (κ1) is 14.5. The Labute approximate surface area is 129 Å². The Morgan fingerprint density at radius 2 is 1.95 bits per heavy atom. The van der Waals surface area contributed by atoms with E-state index in [4.69, 9.17) is 0 Å². The average Bonchev–Trinajstić information content (AvgIpc) is 3.09. The molecule has 1 atom stereocenters. The highest BCUT2D eigenvalue weighted by atomic mass is 16.2. The van der Waals surface area contributed by atoms with Crippen LogP contribution < -0.4 is 10.9 Å². The van der Waals surface area contributed by atoms with E-state index in [1.165, 1.54) is 0 Å². The molecule has 3 rings (SSSR count). The van der Waals surface area contributed by atoms with Gasteiger partial charge in [-0.25, -0.2) is 0 Å². The number of carbonyl (C=O) groups is 1. The van der Waals surface area contributed by atoms with Crippen molar-refractivity contribution in [3.05, 3.63) is 58.4 Å². The predicted octanol–water partition coefficient (Wildman–Crippen LogP) is 1.48. The number of benzene rings is 1. The molecule has 1 fully saturated rings. The molecular weight excluding hydrogens is 278 g/mol. The summed E-state index contributed by atoms with van der Waals surface area (Å²) >= 11 is 0. The molecule has 1 aliphatic rings. The molecule has 1 aromatic heterocycles. The monoisotopic (exact) mass is 297 g/mol. The number of amides is 1. The highest BCUT2D eigenvalue weighted by Gasteiger charge is 2.25. The van der Waals surface area contributed by atoms with E-state index in [1.807, 2.05) is 30.3 Å². The zero-order valence-corrected chi connectivity index (χ0v) is 12.5. The van der Waals surface area contributed by atoms with Crippen LogP contribution >= 0.6 is 0 Å². The Morgan fingerprint density at radius 1 is 1.18 bits per heavy atom. The molecule has 0 bridgehead atoms. The van der Waals surface area contributed by atoms with Gasteiger partial charge in [0.1, 0.15) is 5.56 Å². The molecule has 1 aliphatic heterocycles. The maximum Gasteiger partial charge on any atom is 0.261 e. The van der Waals surface area contributed by atoms with E-state index in [1.54, 1.807) is 24.1 Å². The van der Waals surface area contributed by atoms with E-state index < -0.39 is 0 Å². The fraction of sp³-hybridized carbons (Fsp3) is 0.294. The minimum absolute atomic E-state index is 0.153. The second-order valence-corrected chi connectivity index (χ2v) is 5.54. The Balaban J connectivity index is 1.86. The number of hydrogen-bond donors (Lipinski definition) is 2. The SMILES string of the molecule is CN(C(=O)c1ccc(-c2ccccc2)[nH]c1=O)C1CCNC1. The van der Waals surface area contributed by atoms with E-state index in [0.717, 1.165) is 25.1 Å². The van der Waals surface area contributed by atoms with Crippen LogP contribution in [0.25, 0.3) is 11.3 Å². The van der Waals surface area contributed by atoms with E-state index in [2.05, 4.69) is 10.3 Å². The van der Waals surface area contributed by atoms with Crippen LogP contribution in [0.1, 0.15) is 16.8 Å². The van der Waals surface area contributed by atoms with Crippen molar-refractivity contribution in [1.29, 1.82) is 0 Å². The number of carbonyl (C=O) groups excluding carboxylic acids is 1. The lowest BCUT2D eigenvalue weighted by Crippen LogP contribution is -2.40. The molecule has 0 spiro atoms. The van der Waals surface area contributed by atoms with Gasteiger partial charge in [-0.15, -0.1) is 0 Å². The van der Waals surface area contributed by atoms with Gasteiger partial charge in [-0.2, -0.15) is 0 Å². The third-order valence-electron chi connectivity index (χ3n) is 4.13. The molecule has 22 heavy (non-hydrogen) atoms. The summed E-state index contributed by atoms with van der Waals surface area (Å²) in [6.45, 7) is 1.69. The molecule has 114 valence electrons. The van der Waals surface area contributed by atoms with Gasteiger partial charge in [-0.3, -0.25) is 9.59 Å². The maximum absolute atomic E-state index is 12.5. The van der Waals surface area contributed by atoms with Crippen LogP contribution in [0.2, 0.25) is 0 Å². The lowest BCUT2D eigenvalue weighted by atomic mass is 10.1. The molecule has 0 radical (unpaired) electrons. The molecule has 1 aromatic carbocycles. The fourth-order valence-corrected chi connectivity index (χ4v) is 2.75. The molecule has 0 aliphatic carbocycles. The molecule has 2 aromatic rings. The Bertz CT molecular complexity index is 718. The number of likely N-dealkylation sites (N-methyl/N-ethyl adjacent to an activating group) is 1. The fourth-order valence-electron chi connectivity index (χ4n) is 2.75. The van der Waals surface area contributed by atoms with Gasteiger partial charge in [0.2, 0.25) is 0 Å². The largest absolute Gasteiger partial charge is 0.337 e. The molecule has 2 N–H and O–H groups in total. The molecule has 5 heteroatoms. The predicted molar refractivity (Wildman–Crippen MR) is 85.9 cm³/mol. The zero-order chi connectivity index (χ0) is 15.5. The molecule has 5 nitrogen and oxygen atoms in total. The van der Waals surface area contributed by atoms with Crippen molar-refractivity contribution in [2.45, 2.75) is 12.5 Å². The van der Waals surface area contributed by atoms with Crippen molar-refractivity contribution in [2.24, 2.45) is 0 Å². The molecular formula is C17H19N3O2. The van der Waals surface area contributed by atoms with E-state index >= 15 is 0 Å². The molecule has 2 heterocycles. The topological polar surface area (TPSA) is 65.2 Å². The number of aromatic amines is 1. The van der Waals surface area contributed by atoms with Crippen molar-refractivity contribution < 1.29 is 4.79 Å². The van der Waals surface area contributed by atoms with Crippen LogP contribution in [-0.2, 0) is 0 Å². The van der Waals surface area contributed by atoms with Crippen LogP contribution in [0.4, 0.5) is 0 Å².